The first-order chi connectivity index (χ1) is 15.2. The monoisotopic (exact) mass is 419 g/mol. The number of pyridine rings is 2. The molecular formula is C23H29N7O. The molecule has 2 fully saturated rings. The average Bonchev–Trinajstić information content (AvgIpc) is 3.29. The average molecular weight is 420 g/mol. The summed E-state index contributed by atoms with van der Waals surface area (Å²) in [7, 11) is 0. The Labute approximate surface area is 182 Å². The van der Waals surface area contributed by atoms with E-state index in [0.717, 1.165) is 62.4 Å². The molecular weight excluding hydrogens is 390 g/mol. The summed E-state index contributed by atoms with van der Waals surface area (Å²) < 4.78 is 5.52. The molecule has 3 aromatic heterocycles. The number of hydrogen-bond donors (Lipinski definition) is 0. The zero-order valence-corrected chi connectivity index (χ0v) is 18.0. The Kier molecular flexibility index (Phi) is 5.80. The van der Waals surface area contributed by atoms with E-state index in [1.165, 1.54) is 12.8 Å². The van der Waals surface area contributed by atoms with Crippen molar-refractivity contribution in [3.63, 3.8) is 0 Å². The summed E-state index contributed by atoms with van der Waals surface area (Å²) in [4.78, 5) is 20.7. The molecule has 0 bridgehead atoms. The second kappa shape index (κ2) is 9.01. The molecule has 2 aliphatic heterocycles. The molecule has 5 heterocycles. The molecule has 0 spiro atoms. The Balaban J connectivity index is 1.16. The first-order valence-electron chi connectivity index (χ1n) is 11.2. The van der Waals surface area contributed by atoms with Crippen molar-refractivity contribution < 1.29 is 4.52 Å². The summed E-state index contributed by atoms with van der Waals surface area (Å²) in [5, 5.41) is 4.18. The highest BCUT2D eigenvalue weighted by Crippen LogP contribution is 2.23. The lowest BCUT2D eigenvalue weighted by molar-refractivity contribution is 0.215. The van der Waals surface area contributed by atoms with Crippen LogP contribution in [0.4, 0.5) is 11.6 Å². The Morgan fingerprint density at radius 3 is 2.39 bits per heavy atom. The van der Waals surface area contributed by atoms with Gasteiger partial charge in [-0.15, -0.1) is 0 Å². The summed E-state index contributed by atoms with van der Waals surface area (Å²) in [5.41, 5.74) is 0.893. The molecule has 162 valence electrons. The summed E-state index contributed by atoms with van der Waals surface area (Å²) in [5.74, 6) is 4.14. The Bertz CT molecular complexity index is 959. The smallest absolute Gasteiger partial charge is 0.241 e. The van der Waals surface area contributed by atoms with Crippen LogP contribution >= 0.6 is 0 Å². The van der Waals surface area contributed by atoms with Crippen LogP contribution in [0.5, 0.6) is 0 Å². The van der Waals surface area contributed by atoms with Crippen molar-refractivity contribution in [3.05, 3.63) is 48.6 Å². The minimum absolute atomic E-state index is 0.605. The molecule has 0 atom stereocenters. The van der Waals surface area contributed by atoms with Crippen molar-refractivity contribution >= 4 is 11.6 Å². The topological polar surface area (TPSA) is 74.4 Å². The number of piperazine rings is 1. The number of rotatable bonds is 5. The second-order valence-electron chi connectivity index (χ2n) is 8.54. The van der Waals surface area contributed by atoms with Crippen molar-refractivity contribution in [1.29, 1.82) is 0 Å². The lowest BCUT2D eigenvalue weighted by Crippen LogP contribution is -2.46. The van der Waals surface area contributed by atoms with Gasteiger partial charge in [-0.25, -0.2) is 9.97 Å². The van der Waals surface area contributed by atoms with Crippen LogP contribution in [0.15, 0.2) is 47.2 Å². The maximum Gasteiger partial charge on any atom is 0.241 e. The van der Waals surface area contributed by atoms with E-state index in [1.807, 2.05) is 30.6 Å². The van der Waals surface area contributed by atoms with Gasteiger partial charge in [0.25, 0.3) is 0 Å². The molecule has 3 aromatic rings. The molecule has 0 amide bonds. The van der Waals surface area contributed by atoms with Crippen molar-refractivity contribution in [2.45, 2.75) is 26.3 Å². The van der Waals surface area contributed by atoms with Crippen LogP contribution in [0.2, 0.25) is 0 Å². The Hall–Kier alpha value is -3.00. The third-order valence-electron chi connectivity index (χ3n) is 6.29. The van der Waals surface area contributed by atoms with Gasteiger partial charge >= 0.3 is 0 Å². The first-order valence-corrected chi connectivity index (χ1v) is 11.2. The molecule has 5 rings (SSSR count). The number of nitrogens with zero attached hydrogens (tertiary/aromatic N) is 7. The fourth-order valence-corrected chi connectivity index (χ4v) is 4.25. The molecule has 8 heteroatoms. The van der Waals surface area contributed by atoms with E-state index < -0.39 is 0 Å². The fraction of sp³-hybridized carbons (Fsp3) is 0.478. The standard InChI is InChI=1S/C23H29N7O/c1-18-7-10-29(11-8-18)21-6-5-19(16-25-21)23-26-22(31-27-23)17-28-12-14-30(15-13-28)20-4-2-3-9-24-20/h2-6,9,16,18H,7-8,10-15,17H2,1H3. The molecule has 8 nitrogen and oxygen atoms in total. The van der Waals surface area contributed by atoms with E-state index >= 15 is 0 Å². The van der Waals surface area contributed by atoms with Crippen LogP contribution < -0.4 is 9.80 Å². The van der Waals surface area contributed by atoms with Gasteiger partial charge in [0.1, 0.15) is 11.6 Å². The molecule has 0 aliphatic carbocycles. The fourth-order valence-electron chi connectivity index (χ4n) is 4.25. The third-order valence-corrected chi connectivity index (χ3v) is 6.29. The quantitative estimate of drug-likeness (QED) is 0.625. The first kappa shape index (κ1) is 19.9. The highest BCUT2D eigenvalue weighted by Gasteiger charge is 2.21. The number of piperidine rings is 1. The predicted molar refractivity (Wildman–Crippen MR) is 120 cm³/mol. The highest BCUT2D eigenvalue weighted by atomic mass is 16.5. The zero-order valence-electron chi connectivity index (χ0n) is 18.0. The van der Waals surface area contributed by atoms with Gasteiger partial charge in [0.05, 0.1) is 6.54 Å². The van der Waals surface area contributed by atoms with Crippen LogP contribution in [0.25, 0.3) is 11.4 Å². The minimum Gasteiger partial charge on any atom is -0.357 e. The lowest BCUT2D eigenvalue weighted by Gasteiger charge is -2.34. The van der Waals surface area contributed by atoms with E-state index in [-0.39, 0.29) is 0 Å². The molecule has 2 saturated heterocycles. The van der Waals surface area contributed by atoms with E-state index in [1.54, 1.807) is 0 Å². The van der Waals surface area contributed by atoms with Crippen LogP contribution in [0.3, 0.4) is 0 Å². The van der Waals surface area contributed by atoms with Crippen LogP contribution in [-0.2, 0) is 6.54 Å². The van der Waals surface area contributed by atoms with E-state index in [9.17, 15) is 0 Å². The van der Waals surface area contributed by atoms with Gasteiger partial charge in [-0.2, -0.15) is 4.98 Å². The molecule has 31 heavy (non-hydrogen) atoms. The molecule has 0 N–H and O–H groups in total. The van der Waals surface area contributed by atoms with Gasteiger partial charge in [0, 0.05) is 57.2 Å². The minimum atomic E-state index is 0.605. The summed E-state index contributed by atoms with van der Waals surface area (Å²) in [6.45, 7) is 8.92. The van der Waals surface area contributed by atoms with E-state index in [4.69, 9.17) is 4.52 Å². The van der Waals surface area contributed by atoms with Crippen molar-refractivity contribution in [1.82, 2.24) is 25.0 Å². The maximum atomic E-state index is 5.52. The van der Waals surface area contributed by atoms with Crippen molar-refractivity contribution in [2.24, 2.45) is 5.92 Å². The van der Waals surface area contributed by atoms with E-state index in [2.05, 4.69) is 53.9 Å². The van der Waals surface area contributed by atoms with Crippen molar-refractivity contribution in [3.8, 4) is 11.4 Å². The normalized spacial score (nSPS) is 18.5. The number of anilines is 2. The lowest BCUT2D eigenvalue weighted by atomic mass is 9.99. The van der Waals surface area contributed by atoms with Gasteiger partial charge in [0.15, 0.2) is 0 Å². The molecule has 2 aliphatic rings. The predicted octanol–water partition coefficient (Wildman–Crippen LogP) is 3.09. The SMILES string of the molecule is CC1CCN(c2ccc(-c3noc(CN4CCN(c5ccccn5)CC4)n3)cn2)CC1. The van der Waals surface area contributed by atoms with Crippen LogP contribution in [0, 0.1) is 5.92 Å². The zero-order chi connectivity index (χ0) is 21.0. The summed E-state index contributed by atoms with van der Waals surface area (Å²) >= 11 is 0. The highest BCUT2D eigenvalue weighted by molar-refractivity contribution is 5.56. The number of hydrogen-bond acceptors (Lipinski definition) is 8. The molecule has 0 aromatic carbocycles. The van der Waals surface area contributed by atoms with Gasteiger partial charge in [-0.3, -0.25) is 4.90 Å². The Morgan fingerprint density at radius 2 is 1.68 bits per heavy atom. The van der Waals surface area contributed by atoms with Crippen LogP contribution in [-0.4, -0.2) is 64.3 Å². The van der Waals surface area contributed by atoms with E-state index in [0.29, 0.717) is 18.3 Å². The van der Waals surface area contributed by atoms with Gasteiger partial charge in [-0.05, 0) is 43.0 Å². The Morgan fingerprint density at radius 1 is 0.903 bits per heavy atom. The second-order valence-corrected chi connectivity index (χ2v) is 8.54. The van der Waals surface area contributed by atoms with Crippen molar-refractivity contribution in [2.75, 3.05) is 49.1 Å². The molecule has 0 saturated carbocycles. The maximum absolute atomic E-state index is 5.52. The van der Waals surface area contributed by atoms with Crippen LogP contribution in [0.1, 0.15) is 25.7 Å². The molecule has 0 unspecified atom stereocenters. The summed E-state index contributed by atoms with van der Waals surface area (Å²) in [6, 6.07) is 10.1. The van der Waals surface area contributed by atoms with Gasteiger partial charge in [0.2, 0.25) is 11.7 Å². The largest absolute Gasteiger partial charge is 0.357 e. The third kappa shape index (κ3) is 4.69. The summed E-state index contributed by atoms with van der Waals surface area (Å²) in [6.07, 6.45) is 6.16. The molecule has 0 radical (unpaired) electrons. The van der Waals surface area contributed by atoms with Gasteiger partial charge in [-0.1, -0.05) is 18.1 Å². The van der Waals surface area contributed by atoms with Gasteiger partial charge < -0.3 is 14.3 Å². The number of aromatic nitrogens is 4.